The molecule has 0 N–H and O–H groups in total. The van der Waals surface area contributed by atoms with Gasteiger partial charge in [-0.15, -0.1) is 0 Å². The number of hydrogen-bond donors (Lipinski definition) is 0. The Kier molecular flexibility index (Phi) is 5.62. The number of amides is 2. The lowest BCUT2D eigenvalue weighted by molar-refractivity contribution is 0.0532. The minimum atomic E-state index is -1.69. The van der Waals surface area contributed by atoms with Crippen molar-refractivity contribution in [2.45, 2.75) is 0 Å². The quantitative estimate of drug-likeness (QED) is 0.693. The molecule has 1 aliphatic heterocycles. The molecule has 0 aliphatic carbocycles. The molecule has 142 valence electrons. The molecule has 3 rings (SSSR count). The second-order valence-corrected chi connectivity index (χ2v) is 6.78. The first-order valence-electron chi connectivity index (χ1n) is 7.96. The second kappa shape index (κ2) is 7.78. The molecule has 4 nitrogen and oxygen atoms in total. The summed E-state index contributed by atoms with van der Waals surface area (Å²) in [5.74, 6) is -5.65. The van der Waals surface area contributed by atoms with E-state index in [4.69, 9.17) is 23.2 Å². The number of hydrogen-bond acceptors (Lipinski definition) is 2. The van der Waals surface area contributed by atoms with E-state index < -0.39 is 28.9 Å². The van der Waals surface area contributed by atoms with Crippen molar-refractivity contribution in [1.29, 1.82) is 0 Å². The van der Waals surface area contributed by atoms with Crippen LogP contribution in [0.4, 0.5) is 13.2 Å². The van der Waals surface area contributed by atoms with Gasteiger partial charge in [-0.25, -0.2) is 13.2 Å². The Morgan fingerprint density at radius 2 is 1.30 bits per heavy atom. The predicted octanol–water partition coefficient (Wildman–Crippen LogP) is 4.01. The van der Waals surface area contributed by atoms with Crippen molar-refractivity contribution in [2.75, 3.05) is 26.2 Å². The highest BCUT2D eigenvalue weighted by molar-refractivity contribution is 6.36. The van der Waals surface area contributed by atoms with Crippen LogP contribution in [-0.4, -0.2) is 47.8 Å². The van der Waals surface area contributed by atoms with E-state index >= 15 is 0 Å². The van der Waals surface area contributed by atoms with Crippen LogP contribution in [0.2, 0.25) is 10.0 Å². The maximum Gasteiger partial charge on any atom is 0.257 e. The molecule has 0 bridgehead atoms. The summed E-state index contributed by atoms with van der Waals surface area (Å²) in [6.45, 7) is 0.617. The van der Waals surface area contributed by atoms with Gasteiger partial charge in [-0.1, -0.05) is 23.2 Å². The first-order chi connectivity index (χ1) is 12.8. The van der Waals surface area contributed by atoms with Gasteiger partial charge in [0.1, 0.15) is 0 Å². The lowest BCUT2D eigenvalue weighted by atomic mass is 10.1. The molecule has 9 heteroatoms. The fraction of sp³-hybridized carbons (Fsp3) is 0.222. The molecular formula is C18H13Cl2F3N2O2. The van der Waals surface area contributed by atoms with E-state index in [2.05, 4.69) is 0 Å². The third-order valence-corrected chi connectivity index (χ3v) is 4.83. The van der Waals surface area contributed by atoms with Crippen molar-refractivity contribution in [1.82, 2.24) is 9.80 Å². The summed E-state index contributed by atoms with van der Waals surface area (Å²) in [5.41, 5.74) is -0.262. The summed E-state index contributed by atoms with van der Waals surface area (Å²) in [6.07, 6.45) is 0. The smallest absolute Gasteiger partial charge is 0.257 e. The molecule has 1 heterocycles. The standard InChI is InChI=1S/C18H13Cl2F3N2O2/c19-10-1-2-11(13(20)9-10)17(26)24-5-7-25(8-6-24)18(27)12-3-4-14(21)16(23)15(12)22/h1-4,9H,5-8H2. The molecule has 2 aromatic rings. The van der Waals surface area contributed by atoms with Crippen LogP contribution in [0.25, 0.3) is 0 Å². The topological polar surface area (TPSA) is 40.6 Å². The van der Waals surface area contributed by atoms with Gasteiger partial charge in [0.05, 0.1) is 16.1 Å². The molecule has 27 heavy (non-hydrogen) atoms. The van der Waals surface area contributed by atoms with Crippen LogP contribution in [0.3, 0.4) is 0 Å². The van der Waals surface area contributed by atoms with E-state index in [0.29, 0.717) is 11.1 Å². The van der Waals surface area contributed by atoms with E-state index in [1.54, 1.807) is 6.07 Å². The van der Waals surface area contributed by atoms with Crippen molar-refractivity contribution in [3.8, 4) is 0 Å². The van der Waals surface area contributed by atoms with Crippen molar-refractivity contribution in [2.24, 2.45) is 0 Å². The van der Waals surface area contributed by atoms with Crippen molar-refractivity contribution in [3.63, 3.8) is 0 Å². The first kappa shape index (κ1) is 19.5. The second-order valence-electron chi connectivity index (χ2n) is 5.93. The van der Waals surface area contributed by atoms with Gasteiger partial charge in [0.2, 0.25) is 0 Å². The third kappa shape index (κ3) is 3.89. The van der Waals surface area contributed by atoms with Gasteiger partial charge in [0, 0.05) is 31.2 Å². The summed E-state index contributed by atoms with van der Waals surface area (Å²) < 4.78 is 40.2. The van der Waals surface area contributed by atoms with Crippen LogP contribution < -0.4 is 0 Å². The number of carbonyl (C=O) groups is 2. The van der Waals surface area contributed by atoms with Crippen LogP contribution in [0, 0.1) is 17.5 Å². The van der Waals surface area contributed by atoms with E-state index in [-0.39, 0.29) is 42.7 Å². The highest BCUT2D eigenvalue weighted by atomic mass is 35.5. The van der Waals surface area contributed by atoms with Crippen LogP contribution in [0.5, 0.6) is 0 Å². The summed E-state index contributed by atoms with van der Waals surface area (Å²) in [4.78, 5) is 27.7. The Morgan fingerprint density at radius 1 is 0.778 bits per heavy atom. The zero-order valence-electron chi connectivity index (χ0n) is 13.8. The number of rotatable bonds is 2. The van der Waals surface area contributed by atoms with Gasteiger partial charge in [-0.2, -0.15) is 0 Å². The van der Waals surface area contributed by atoms with Gasteiger partial charge in [-0.05, 0) is 30.3 Å². The molecule has 0 unspecified atom stereocenters. The molecule has 0 radical (unpaired) electrons. The van der Waals surface area contributed by atoms with Crippen LogP contribution in [0.1, 0.15) is 20.7 Å². The van der Waals surface area contributed by atoms with Gasteiger partial charge >= 0.3 is 0 Å². The Morgan fingerprint density at radius 3 is 1.85 bits per heavy atom. The predicted molar refractivity (Wildman–Crippen MR) is 94.6 cm³/mol. The zero-order chi connectivity index (χ0) is 19.7. The lowest BCUT2D eigenvalue weighted by Gasteiger charge is -2.35. The Bertz CT molecular complexity index is 916. The normalized spacial score (nSPS) is 14.4. The number of nitrogens with zero attached hydrogens (tertiary/aromatic N) is 2. The minimum Gasteiger partial charge on any atom is -0.335 e. The molecular weight excluding hydrogens is 404 g/mol. The van der Waals surface area contributed by atoms with Crippen LogP contribution in [0.15, 0.2) is 30.3 Å². The lowest BCUT2D eigenvalue weighted by Crippen LogP contribution is -2.50. The molecule has 0 saturated carbocycles. The molecule has 1 fully saturated rings. The van der Waals surface area contributed by atoms with Gasteiger partial charge in [0.25, 0.3) is 11.8 Å². The SMILES string of the molecule is O=C(c1ccc(Cl)cc1Cl)N1CCN(C(=O)c2ccc(F)c(F)c2F)CC1. The monoisotopic (exact) mass is 416 g/mol. The average Bonchev–Trinajstić information content (AvgIpc) is 2.65. The van der Waals surface area contributed by atoms with Crippen molar-refractivity contribution in [3.05, 3.63) is 69.0 Å². The minimum absolute atomic E-state index is 0.119. The number of carbonyl (C=O) groups excluding carboxylic acids is 2. The number of piperazine rings is 1. The summed E-state index contributed by atoms with van der Waals surface area (Å²) >= 11 is 11.9. The van der Waals surface area contributed by atoms with E-state index in [1.807, 2.05) is 0 Å². The third-order valence-electron chi connectivity index (χ3n) is 4.28. The fourth-order valence-electron chi connectivity index (χ4n) is 2.81. The van der Waals surface area contributed by atoms with Crippen molar-refractivity contribution >= 4 is 35.0 Å². The average molecular weight is 417 g/mol. The molecule has 2 amide bonds. The Hall–Kier alpha value is -2.25. The number of halogens is 5. The van der Waals surface area contributed by atoms with Crippen LogP contribution in [-0.2, 0) is 0 Å². The highest BCUT2D eigenvalue weighted by Crippen LogP contribution is 2.23. The van der Waals surface area contributed by atoms with E-state index in [0.717, 1.165) is 6.07 Å². The summed E-state index contributed by atoms with van der Waals surface area (Å²) in [6, 6.07) is 6.13. The van der Waals surface area contributed by atoms with Gasteiger partial charge < -0.3 is 9.80 Å². The number of benzene rings is 2. The molecule has 1 saturated heterocycles. The summed E-state index contributed by atoms with van der Waals surface area (Å²) in [5, 5.41) is 0.621. The molecule has 0 aromatic heterocycles. The van der Waals surface area contributed by atoms with Crippen LogP contribution >= 0.6 is 23.2 Å². The molecule has 0 spiro atoms. The Labute approximate surface area is 163 Å². The maximum atomic E-state index is 13.8. The largest absolute Gasteiger partial charge is 0.335 e. The molecule has 2 aromatic carbocycles. The highest BCUT2D eigenvalue weighted by Gasteiger charge is 2.29. The van der Waals surface area contributed by atoms with Gasteiger partial charge in [-0.3, -0.25) is 9.59 Å². The Balaban J connectivity index is 1.69. The summed E-state index contributed by atoms with van der Waals surface area (Å²) in [7, 11) is 0. The van der Waals surface area contributed by atoms with E-state index in [9.17, 15) is 22.8 Å². The van der Waals surface area contributed by atoms with Crippen molar-refractivity contribution < 1.29 is 22.8 Å². The first-order valence-corrected chi connectivity index (χ1v) is 8.72. The molecule has 1 aliphatic rings. The fourth-order valence-corrected chi connectivity index (χ4v) is 3.30. The van der Waals surface area contributed by atoms with E-state index in [1.165, 1.54) is 21.9 Å². The molecule has 0 atom stereocenters. The zero-order valence-corrected chi connectivity index (χ0v) is 15.3. The van der Waals surface area contributed by atoms with Gasteiger partial charge in [0.15, 0.2) is 17.5 Å². The maximum absolute atomic E-state index is 13.8.